The van der Waals surface area contributed by atoms with E-state index in [9.17, 15) is 4.79 Å². The normalized spacial score (nSPS) is 18.3. The van der Waals surface area contributed by atoms with Crippen LogP contribution in [0.4, 0.5) is 0 Å². The molecule has 1 aromatic rings. The first-order valence-corrected chi connectivity index (χ1v) is 7.25. The summed E-state index contributed by atoms with van der Waals surface area (Å²) in [7, 11) is 0. The van der Waals surface area contributed by atoms with E-state index in [-0.39, 0.29) is 18.4 Å². The maximum Gasteiger partial charge on any atom is 0.320 e. The molecule has 0 spiro atoms. The molecule has 5 heteroatoms. The molecule has 0 unspecified atom stereocenters. The van der Waals surface area contributed by atoms with Gasteiger partial charge in [0.1, 0.15) is 11.8 Å². The third-order valence-electron chi connectivity index (χ3n) is 3.84. The Morgan fingerprint density at radius 2 is 2.19 bits per heavy atom. The summed E-state index contributed by atoms with van der Waals surface area (Å²) in [6.45, 7) is 6.40. The van der Waals surface area contributed by atoms with Crippen LogP contribution in [0.25, 0.3) is 0 Å². The molecule has 0 bridgehead atoms. The second-order valence-electron chi connectivity index (χ2n) is 5.50. The molecule has 1 aliphatic rings. The summed E-state index contributed by atoms with van der Waals surface area (Å²) in [4.78, 5) is 13.1. The molecule has 0 amide bonds. The van der Waals surface area contributed by atoms with E-state index in [4.69, 9.17) is 9.84 Å². The maximum absolute atomic E-state index is 11.1. The largest absolute Gasteiger partial charge is 0.493 e. The Bertz CT molecular complexity index is 479. The van der Waals surface area contributed by atoms with Crippen LogP contribution in [0, 0.1) is 13.8 Å². The number of likely N-dealkylation sites (tertiary alicyclic amines) is 1. The zero-order valence-corrected chi connectivity index (χ0v) is 13.5. The first kappa shape index (κ1) is 17.8. The van der Waals surface area contributed by atoms with Crippen LogP contribution in [0.1, 0.15) is 30.4 Å². The molecule has 1 N–H and O–H groups in total. The Kier molecular flexibility index (Phi) is 6.99. The van der Waals surface area contributed by atoms with Gasteiger partial charge in [0, 0.05) is 6.54 Å². The minimum absolute atomic E-state index is 0. The van der Waals surface area contributed by atoms with Gasteiger partial charge < -0.3 is 9.84 Å². The summed E-state index contributed by atoms with van der Waals surface area (Å²) in [5.74, 6) is 0.235. The number of aliphatic carboxylic acids is 1. The number of hydrogen-bond donors (Lipinski definition) is 1. The molecule has 118 valence electrons. The molecule has 2 rings (SSSR count). The first-order valence-electron chi connectivity index (χ1n) is 7.25. The molecular weight excluding hydrogens is 290 g/mol. The van der Waals surface area contributed by atoms with Gasteiger partial charge in [-0.15, -0.1) is 12.4 Å². The third kappa shape index (κ3) is 4.90. The van der Waals surface area contributed by atoms with Crippen molar-refractivity contribution in [2.24, 2.45) is 0 Å². The Morgan fingerprint density at radius 3 is 2.90 bits per heavy atom. The Labute approximate surface area is 132 Å². The summed E-state index contributed by atoms with van der Waals surface area (Å²) < 4.78 is 5.80. The molecule has 1 heterocycles. The molecule has 0 saturated carbocycles. The highest BCUT2D eigenvalue weighted by molar-refractivity contribution is 5.85. The van der Waals surface area contributed by atoms with Gasteiger partial charge in [0.05, 0.1) is 6.61 Å². The quantitative estimate of drug-likeness (QED) is 0.820. The Morgan fingerprint density at radius 1 is 1.43 bits per heavy atom. The Hall–Kier alpha value is -1.26. The van der Waals surface area contributed by atoms with Gasteiger partial charge in [-0.25, -0.2) is 0 Å². The number of carboxylic acid groups (broad SMARTS) is 1. The van der Waals surface area contributed by atoms with E-state index in [1.165, 1.54) is 5.56 Å². The predicted octanol–water partition coefficient (Wildman–Crippen LogP) is 3.04. The fraction of sp³-hybridized carbons (Fsp3) is 0.562. The lowest BCUT2D eigenvalue weighted by Gasteiger charge is -2.20. The lowest BCUT2D eigenvalue weighted by atomic mass is 10.1. The van der Waals surface area contributed by atoms with E-state index in [0.29, 0.717) is 6.61 Å². The van der Waals surface area contributed by atoms with Crippen LogP contribution in [-0.2, 0) is 4.79 Å². The summed E-state index contributed by atoms with van der Waals surface area (Å²) in [6.07, 6.45) is 2.61. The van der Waals surface area contributed by atoms with E-state index in [1.807, 2.05) is 19.9 Å². The average molecular weight is 314 g/mol. The van der Waals surface area contributed by atoms with Crippen molar-refractivity contribution in [1.82, 2.24) is 4.90 Å². The highest BCUT2D eigenvalue weighted by atomic mass is 35.5. The van der Waals surface area contributed by atoms with Crippen molar-refractivity contribution >= 4 is 18.4 Å². The summed E-state index contributed by atoms with van der Waals surface area (Å²) in [6, 6.07) is 5.89. The lowest BCUT2D eigenvalue weighted by Crippen LogP contribution is -2.36. The highest BCUT2D eigenvalue weighted by Crippen LogP contribution is 2.20. The topological polar surface area (TPSA) is 49.8 Å². The number of benzene rings is 1. The first-order chi connectivity index (χ1) is 9.58. The van der Waals surface area contributed by atoms with Crippen molar-refractivity contribution < 1.29 is 14.6 Å². The molecule has 0 aliphatic carbocycles. The van der Waals surface area contributed by atoms with Crippen molar-refractivity contribution in [2.45, 2.75) is 39.2 Å². The molecule has 0 radical (unpaired) electrons. The van der Waals surface area contributed by atoms with Gasteiger partial charge in [0.25, 0.3) is 0 Å². The van der Waals surface area contributed by atoms with Crippen LogP contribution < -0.4 is 4.74 Å². The zero-order chi connectivity index (χ0) is 14.5. The maximum atomic E-state index is 11.1. The number of ether oxygens (including phenoxy) is 1. The third-order valence-corrected chi connectivity index (χ3v) is 3.84. The monoisotopic (exact) mass is 313 g/mol. The Balaban J connectivity index is 0.00000220. The number of carboxylic acids is 1. The van der Waals surface area contributed by atoms with E-state index in [1.54, 1.807) is 0 Å². The van der Waals surface area contributed by atoms with Gasteiger partial charge in [-0.05, 0) is 56.8 Å². The number of nitrogens with zero attached hydrogens (tertiary/aromatic N) is 1. The standard InChI is InChI=1S/C16H23NO3.ClH/c1-12-6-7-13(2)15(11-12)20-10-4-9-17-8-3-5-14(17)16(18)19;/h6-7,11,14H,3-5,8-10H2,1-2H3,(H,18,19);1H/t14-;/m1./s1. The molecule has 1 atom stereocenters. The van der Waals surface area contributed by atoms with Gasteiger partial charge in [-0.2, -0.15) is 0 Å². The summed E-state index contributed by atoms with van der Waals surface area (Å²) in [5.41, 5.74) is 2.33. The zero-order valence-electron chi connectivity index (χ0n) is 12.7. The average Bonchev–Trinajstić information content (AvgIpc) is 2.87. The number of rotatable bonds is 6. The van der Waals surface area contributed by atoms with Gasteiger partial charge >= 0.3 is 5.97 Å². The van der Waals surface area contributed by atoms with Gasteiger partial charge in [0.15, 0.2) is 0 Å². The van der Waals surface area contributed by atoms with E-state index < -0.39 is 5.97 Å². The molecule has 4 nitrogen and oxygen atoms in total. The molecule has 21 heavy (non-hydrogen) atoms. The van der Waals surface area contributed by atoms with Crippen LogP contribution in [0.5, 0.6) is 5.75 Å². The van der Waals surface area contributed by atoms with Crippen LogP contribution in [0.3, 0.4) is 0 Å². The van der Waals surface area contributed by atoms with Crippen LogP contribution in [0.2, 0.25) is 0 Å². The van der Waals surface area contributed by atoms with E-state index in [0.717, 1.165) is 43.7 Å². The van der Waals surface area contributed by atoms with Crippen molar-refractivity contribution in [3.8, 4) is 5.75 Å². The van der Waals surface area contributed by atoms with Crippen LogP contribution >= 0.6 is 12.4 Å². The summed E-state index contributed by atoms with van der Waals surface area (Å²) in [5, 5.41) is 9.11. The fourth-order valence-electron chi connectivity index (χ4n) is 2.69. The number of aryl methyl sites for hydroxylation is 2. The van der Waals surface area contributed by atoms with Crippen LogP contribution in [0.15, 0.2) is 18.2 Å². The SMILES string of the molecule is Cc1ccc(C)c(OCCCN2CCC[C@@H]2C(=O)O)c1.Cl. The highest BCUT2D eigenvalue weighted by Gasteiger charge is 2.29. The minimum Gasteiger partial charge on any atom is -0.493 e. The lowest BCUT2D eigenvalue weighted by molar-refractivity contribution is -0.142. The smallest absolute Gasteiger partial charge is 0.320 e. The number of carbonyl (C=O) groups is 1. The van der Waals surface area contributed by atoms with E-state index in [2.05, 4.69) is 17.0 Å². The fourth-order valence-corrected chi connectivity index (χ4v) is 2.69. The molecule has 1 saturated heterocycles. The molecule has 1 aromatic carbocycles. The van der Waals surface area contributed by atoms with Crippen molar-refractivity contribution in [2.75, 3.05) is 19.7 Å². The molecule has 1 aliphatic heterocycles. The van der Waals surface area contributed by atoms with Crippen molar-refractivity contribution in [3.05, 3.63) is 29.3 Å². The predicted molar refractivity (Wildman–Crippen MR) is 85.5 cm³/mol. The number of hydrogen-bond acceptors (Lipinski definition) is 3. The van der Waals surface area contributed by atoms with Gasteiger partial charge in [-0.1, -0.05) is 12.1 Å². The van der Waals surface area contributed by atoms with Crippen molar-refractivity contribution in [1.29, 1.82) is 0 Å². The summed E-state index contributed by atoms with van der Waals surface area (Å²) >= 11 is 0. The second-order valence-corrected chi connectivity index (χ2v) is 5.50. The second kappa shape index (κ2) is 8.25. The number of halogens is 1. The van der Waals surface area contributed by atoms with Gasteiger partial charge in [0.2, 0.25) is 0 Å². The molecule has 0 aromatic heterocycles. The minimum atomic E-state index is -0.696. The molecular formula is C16H24ClNO3. The molecule has 1 fully saturated rings. The van der Waals surface area contributed by atoms with Crippen LogP contribution in [-0.4, -0.2) is 41.7 Å². The van der Waals surface area contributed by atoms with E-state index >= 15 is 0 Å². The van der Waals surface area contributed by atoms with Gasteiger partial charge in [-0.3, -0.25) is 9.69 Å². The van der Waals surface area contributed by atoms with Crippen molar-refractivity contribution in [3.63, 3.8) is 0 Å².